The van der Waals surface area contributed by atoms with Crippen LogP contribution in [0.5, 0.6) is 0 Å². The topological polar surface area (TPSA) is 18.5 Å². The van der Waals surface area contributed by atoms with Gasteiger partial charge in [-0.05, 0) is 26.3 Å². The number of allylic oxidation sites excluding steroid dienone is 1. The summed E-state index contributed by atoms with van der Waals surface area (Å²) in [5.41, 5.74) is 1.35. The highest BCUT2D eigenvalue weighted by Crippen LogP contribution is 2.39. The molecule has 0 amide bonds. The highest BCUT2D eigenvalue weighted by molar-refractivity contribution is 5.10. The van der Waals surface area contributed by atoms with Crippen molar-refractivity contribution in [3.63, 3.8) is 0 Å². The Labute approximate surface area is 79.9 Å². The minimum atomic E-state index is 0.319. The Morgan fingerprint density at radius 3 is 2.62 bits per heavy atom. The minimum absolute atomic E-state index is 0.319. The molecule has 13 heavy (non-hydrogen) atoms. The van der Waals surface area contributed by atoms with Gasteiger partial charge in [0, 0.05) is 11.8 Å². The van der Waals surface area contributed by atoms with Crippen LogP contribution in [0, 0.1) is 11.8 Å². The van der Waals surface area contributed by atoms with Crippen molar-refractivity contribution >= 4 is 0 Å². The molecule has 0 N–H and O–H groups in total. The molecule has 2 aliphatic heterocycles. The second-order valence-electron chi connectivity index (χ2n) is 4.15. The predicted molar refractivity (Wildman–Crippen MR) is 51.6 cm³/mol. The maximum Gasteiger partial charge on any atom is 0.0837 e. The van der Waals surface area contributed by atoms with Gasteiger partial charge in [-0.1, -0.05) is 6.08 Å². The molecule has 0 aromatic carbocycles. The largest absolute Gasteiger partial charge is 0.378 e. The first-order valence-electron chi connectivity index (χ1n) is 5.10. The third kappa shape index (κ3) is 1.42. The van der Waals surface area contributed by atoms with Gasteiger partial charge in [-0.25, -0.2) is 0 Å². The van der Waals surface area contributed by atoms with Crippen LogP contribution >= 0.6 is 0 Å². The number of ether oxygens (including phenoxy) is 2. The van der Waals surface area contributed by atoms with Crippen LogP contribution < -0.4 is 0 Å². The summed E-state index contributed by atoms with van der Waals surface area (Å²) in [5.74, 6) is 1.23. The first-order valence-corrected chi connectivity index (χ1v) is 5.10. The molecule has 2 fully saturated rings. The second-order valence-corrected chi connectivity index (χ2v) is 4.15. The van der Waals surface area contributed by atoms with Gasteiger partial charge in [-0.3, -0.25) is 0 Å². The smallest absolute Gasteiger partial charge is 0.0837 e. The molecule has 2 rings (SSSR count). The maximum absolute atomic E-state index is 5.79. The standard InChI is InChI=1S/C11H18O2/c1-4-7(2)11-10-6-12-8(3)9(10)5-13-11/h4,8-11H,5-6H2,1-3H3/b7-4+. The van der Waals surface area contributed by atoms with Crippen LogP contribution in [0.1, 0.15) is 20.8 Å². The van der Waals surface area contributed by atoms with E-state index in [1.165, 1.54) is 5.57 Å². The van der Waals surface area contributed by atoms with E-state index in [1.807, 2.05) is 0 Å². The quantitative estimate of drug-likeness (QED) is 0.577. The Bertz CT molecular complexity index is 222. The third-order valence-corrected chi connectivity index (χ3v) is 3.47. The molecule has 4 unspecified atom stereocenters. The van der Waals surface area contributed by atoms with Crippen molar-refractivity contribution in [2.45, 2.75) is 33.0 Å². The lowest BCUT2D eigenvalue weighted by molar-refractivity contribution is 0.0391. The molecular weight excluding hydrogens is 164 g/mol. The molecule has 0 aromatic rings. The van der Waals surface area contributed by atoms with E-state index in [4.69, 9.17) is 9.47 Å². The van der Waals surface area contributed by atoms with E-state index in [0.29, 0.717) is 24.0 Å². The zero-order chi connectivity index (χ0) is 9.42. The summed E-state index contributed by atoms with van der Waals surface area (Å²) in [4.78, 5) is 0. The van der Waals surface area contributed by atoms with Crippen LogP contribution in [-0.4, -0.2) is 25.4 Å². The summed E-state index contributed by atoms with van der Waals surface area (Å²) in [6.45, 7) is 8.13. The van der Waals surface area contributed by atoms with Gasteiger partial charge in [0.05, 0.1) is 25.4 Å². The SMILES string of the molecule is C/C=C(\C)C1OCC2C(C)OCC12. The van der Waals surface area contributed by atoms with Gasteiger partial charge in [-0.15, -0.1) is 0 Å². The van der Waals surface area contributed by atoms with Crippen LogP contribution in [0.25, 0.3) is 0 Å². The average Bonchev–Trinajstić information content (AvgIpc) is 2.68. The fraction of sp³-hybridized carbons (Fsp3) is 0.818. The minimum Gasteiger partial charge on any atom is -0.378 e. The van der Waals surface area contributed by atoms with Crippen molar-refractivity contribution in [1.82, 2.24) is 0 Å². The van der Waals surface area contributed by atoms with E-state index in [1.54, 1.807) is 0 Å². The molecule has 0 aliphatic carbocycles. The number of hydrogen-bond donors (Lipinski definition) is 0. The fourth-order valence-corrected chi connectivity index (χ4v) is 2.40. The molecule has 2 heteroatoms. The molecule has 4 atom stereocenters. The van der Waals surface area contributed by atoms with Gasteiger partial charge >= 0.3 is 0 Å². The zero-order valence-electron chi connectivity index (χ0n) is 8.62. The van der Waals surface area contributed by atoms with Crippen molar-refractivity contribution in [2.75, 3.05) is 13.2 Å². The van der Waals surface area contributed by atoms with Gasteiger partial charge in [0.25, 0.3) is 0 Å². The Kier molecular flexibility index (Phi) is 2.43. The second kappa shape index (κ2) is 3.43. The Morgan fingerprint density at radius 1 is 1.23 bits per heavy atom. The van der Waals surface area contributed by atoms with Crippen molar-refractivity contribution in [2.24, 2.45) is 11.8 Å². The van der Waals surface area contributed by atoms with Gasteiger partial charge in [-0.2, -0.15) is 0 Å². The van der Waals surface area contributed by atoms with Crippen LogP contribution in [0.4, 0.5) is 0 Å². The summed E-state index contributed by atoms with van der Waals surface area (Å²) >= 11 is 0. The van der Waals surface area contributed by atoms with Crippen LogP contribution in [0.15, 0.2) is 11.6 Å². The van der Waals surface area contributed by atoms with Crippen molar-refractivity contribution in [3.8, 4) is 0 Å². The first kappa shape index (κ1) is 9.22. The van der Waals surface area contributed by atoms with E-state index in [-0.39, 0.29) is 0 Å². The summed E-state index contributed by atoms with van der Waals surface area (Å²) in [6.07, 6.45) is 2.86. The van der Waals surface area contributed by atoms with Crippen molar-refractivity contribution in [3.05, 3.63) is 11.6 Å². The molecule has 0 radical (unpaired) electrons. The average molecular weight is 182 g/mol. The molecule has 0 bridgehead atoms. The first-order chi connectivity index (χ1) is 6.24. The lowest BCUT2D eigenvalue weighted by Crippen LogP contribution is -2.21. The normalized spacial score (nSPS) is 45.3. The maximum atomic E-state index is 5.79. The molecule has 0 saturated carbocycles. The predicted octanol–water partition coefficient (Wildman–Crippen LogP) is 2.00. The van der Waals surface area contributed by atoms with Crippen molar-refractivity contribution < 1.29 is 9.47 Å². The van der Waals surface area contributed by atoms with E-state index >= 15 is 0 Å². The third-order valence-electron chi connectivity index (χ3n) is 3.47. The van der Waals surface area contributed by atoms with Crippen LogP contribution in [-0.2, 0) is 9.47 Å². The molecule has 0 aromatic heterocycles. The van der Waals surface area contributed by atoms with Gasteiger partial charge in [0.15, 0.2) is 0 Å². The molecule has 0 spiro atoms. The summed E-state index contributed by atoms with van der Waals surface area (Å²) in [5, 5.41) is 0. The van der Waals surface area contributed by atoms with Crippen LogP contribution in [0.3, 0.4) is 0 Å². The van der Waals surface area contributed by atoms with E-state index < -0.39 is 0 Å². The summed E-state index contributed by atoms with van der Waals surface area (Å²) in [7, 11) is 0. The van der Waals surface area contributed by atoms with Gasteiger partial charge in [0.2, 0.25) is 0 Å². The highest BCUT2D eigenvalue weighted by Gasteiger charge is 2.45. The number of rotatable bonds is 1. The molecular formula is C11H18O2. The zero-order valence-corrected chi connectivity index (χ0v) is 8.62. The lowest BCUT2D eigenvalue weighted by atomic mass is 9.88. The number of hydrogen-bond acceptors (Lipinski definition) is 2. The lowest BCUT2D eigenvalue weighted by Gasteiger charge is -2.16. The van der Waals surface area contributed by atoms with E-state index in [2.05, 4.69) is 26.8 Å². The molecule has 2 heterocycles. The Hall–Kier alpha value is -0.340. The molecule has 2 saturated heterocycles. The van der Waals surface area contributed by atoms with Crippen molar-refractivity contribution in [1.29, 1.82) is 0 Å². The Balaban J connectivity index is 2.10. The summed E-state index contributed by atoms with van der Waals surface area (Å²) in [6, 6.07) is 0. The monoisotopic (exact) mass is 182 g/mol. The highest BCUT2D eigenvalue weighted by atomic mass is 16.5. The summed E-state index contributed by atoms with van der Waals surface area (Å²) < 4.78 is 11.4. The molecule has 2 nitrogen and oxygen atoms in total. The van der Waals surface area contributed by atoms with Crippen LogP contribution in [0.2, 0.25) is 0 Å². The fourth-order valence-electron chi connectivity index (χ4n) is 2.40. The molecule has 2 aliphatic rings. The molecule has 74 valence electrons. The van der Waals surface area contributed by atoms with E-state index in [9.17, 15) is 0 Å². The Morgan fingerprint density at radius 2 is 1.92 bits per heavy atom. The van der Waals surface area contributed by atoms with E-state index in [0.717, 1.165) is 13.2 Å². The van der Waals surface area contributed by atoms with Gasteiger partial charge < -0.3 is 9.47 Å². The van der Waals surface area contributed by atoms with Gasteiger partial charge in [0.1, 0.15) is 0 Å². The number of fused-ring (bicyclic) bond motifs is 1.